The smallest absolute Gasteiger partial charge is 0.352 e. The third-order valence-corrected chi connectivity index (χ3v) is 4.46. The van der Waals surface area contributed by atoms with Crippen molar-refractivity contribution < 1.29 is 23.8 Å². The van der Waals surface area contributed by atoms with Crippen molar-refractivity contribution in [3.63, 3.8) is 0 Å². The zero-order chi connectivity index (χ0) is 19.5. The summed E-state index contributed by atoms with van der Waals surface area (Å²) < 4.78 is 16.6. The van der Waals surface area contributed by atoms with Gasteiger partial charge in [0, 0.05) is 11.1 Å². The second kappa shape index (κ2) is 7.56. The first kappa shape index (κ1) is 17.8. The van der Waals surface area contributed by atoms with E-state index in [2.05, 4.69) is 0 Å². The summed E-state index contributed by atoms with van der Waals surface area (Å²) in [5.74, 6) is -1.36. The maximum absolute atomic E-state index is 12.8. The van der Waals surface area contributed by atoms with Crippen molar-refractivity contribution in [1.29, 1.82) is 0 Å². The molecule has 0 aliphatic carbocycles. The van der Waals surface area contributed by atoms with Gasteiger partial charge < -0.3 is 14.2 Å². The van der Waals surface area contributed by atoms with Gasteiger partial charge in [-0.15, -0.1) is 0 Å². The molecular weight excluding hydrogens is 356 g/mol. The number of rotatable bonds is 4. The Morgan fingerprint density at radius 3 is 2.43 bits per heavy atom. The Kier molecular flexibility index (Phi) is 4.81. The molecule has 0 fully saturated rings. The molecule has 0 spiro atoms. The van der Waals surface area contributed by atoms with Crippen LogP contribution in [0, 0.1) is 0 Å². The third kappa shape index (κ3) is 3.22. The summed E-state index contributed by atoms with van der Waals surface area (Å²) in [6, 6.07) is 22.5. The lowest BCUT2D eigenvalue weighted by Gasteiger charge is -2.28. The normalized spacial score (nSPS) is 16.5. The minimum absolute atomic E-state index is 0.143. The number of esters is 2. The fourth-order valence-electron chi connectivity index (χ4n) is 3.20. The predicted molar refractivity (Wildman–Crippen MR) is 104 cm³/mol. The van der Waals surface area contributed by atoms with Gasteiger partial charge in [-0.1, -0.05) is 72.8 Å². The first-order chi connectivity index (χ1) is 13.7. The van der Waals surface area contributed by atoms with Gasteiger partial charge in [-0.2, -0.15) is 0 Å². The van der Waals surface area contributed by atoms with Crippen LogP contribution in [0.25, 0.3) is 16.5 Å². The molecule has 0 aromatic heterocycles. The highest BCUT2D eigenvalue weighted by Crippen LogP contribution is 2.37. The third-order valence-electron chi connectivity index (χ3n) is 4.46. The van der Waals surface area contributed by atoms with Crippen molar-refractivity contribution in [2.45, 2.75) is 13.2 Å². The number of hydrogen-bond acceptors (Lipinski definition) is 5. The fourth-order valence-corrected chi connectivity index (χ4v) is 3.20. The summed E-state index contributed by atoms with van der Waals surface area (Å²) in [7, 11) is 0. The number of fused-ring (bicyclic) bond motifs is 1. The molecule has 3 aromatic carbocycles. The van der Waals surface area contributed by atoms with E-state index in [1.165, 1.54) is 0 Å². The topological polar surface area (TPSA) is 61.8 Å². The molecule has 140 valence electrons. The number of cyclic esters (lactones) is 1. The lowest BCUT2D eigenvalue weighted by atomic mass is 10.0. The predicted octanol–water partition coefficient (Wildman–Crippen LogP) is 4.39. The molecule has 0 amide bonds. The van der Waals surface area contributed by atoms with Crippen LogP contribution in [-0.2, 0) is 23.8 Å². The number of carbonyl (C=O) groups excluding carboxylic acids is 2. The summed E-state index contributed by atoms with van der Waals surface area (Å²) in [6.07, 6.45) is -0.966. The van der Waals surface area contributed by atoms with Gasteiger partial charge in [-0.25, -0.2) is 9.59 Å². The van der Waals surface area contributed by atoms with Crippen molar-refractivity contribution in [1.82, 2.24) is 0 Å². The molecule has 0 bridgehead atoms. The van der Waals surface area contributed by atoms with E-state index in [1.54, 1.807) is 31.2 Å². The average molecular weight is 374 g/mol. The molecule has 0 saturated carbocycles. The maximum atomic E-state index is 12.8. The van der Waals surface area contributed by atoms with Crippen LogP contribution in [0.2, 0.25) is 0 Å². The minimum Gasteiger partial charge on any atom is -0.462 e. The Morgan fingerprint density at radius 1 is 0.929 bits per heavy atom. The SMILES string of the molecule is CCOC(=O)C1=C(c2ccccc2)OC(c2cccc3ccccc23)OC1=O. The van der Waals surface area contributed by atoms with Crippen molar-refractivity contribution in [3.8, 4) is 0 Å². The van der Waals surface area contributed by atoms with Gasteiger partial charge in [-0.3, -0.25) is 0 Å². The van der Waals surface area contributed by atoms with Gasteiger partial charge in [0.25, 0.3) is 6.29 Å². The van der Waals surface area contributed by atoms with E-state index < -0.39 is 18.2 Å². The van der Waals surface area contributed by atoms with Gasteiger partial charge in [0.05, 0.1) is 6.61 Å². The molecule has 0 radical (unpaired) electrons. The highest BCUT2D eigenvalue weighted by molar-refractivity contribution is 6.19. The van der Waals surface area contributed by atoms with E-state index in [4.69, 9.17) is 14.2 Å². The van der Waals surface area contributed by atoms with Crippen molar-refractivity contribution in [3.05, 3.63) is 89.5 Å². The van der Waals surface area contributed by atoms with Crippen LogP contribution in [0.5, 0.6) is 0 Å². The quantitative estimate of drug-likeness (QED) is 0.501. The van der Waals surface area contributed by atoms with Gasteiger partial charge in [0.1, 0.15) is 0 Å². The van der Waals surface area contributed by atoms with E-state index in [9.17, 15) is 9.59 Å². The zero-order valence-electron chi connectivity index (χ0n) is 15.3. The molecule has 0 N–H and O–H groups in total. The summed E-state index contributed by atoms with van der Waals surface area (Å²) in [6.45, 7) is 1.82. The standard InChI is InChI=1S/C23H18O5/c1-2-26-21(24)19-20(16-10-4-3-5-11-16)27-23(28-22(19)25)18-14-8-12-15-9-6-7-13-17(15)18/h3-14,23H,2H2,1H3. The first-order valence-electron chi connectivity index (χ1n) is 9.01. The Labute approximate surface area is 162 Å². The molecule has 3 aromatic rings. The van der Waals surface area contributed by atoms with Crippen molar-refractivity contribution >= 4 is 28.5 Å². The van der Waals surface area contributed by atoms with E-state index in [1.807, 2.05) is 48.5 Å². The highest BCUT2D eigenvalue weighted by Gasteiger charge is 2.37. The van der Waals surface area contributed by atoms with Crippen LogP contribution in [-0.4, -0.2) is 18.5 Å². The second-order valence-electron chi connectivity index (χ2n) is 6.21. The van der Waals surface area contributed by atoms with E-state index in [0.29, 0.717) is 11.1 Å². The number of ether oxygens (including phenoxy) is 3. The Hall–Kier alpha value is -3.60. The van der Waals surface area contributed by atoms with Crippen molar-refractivity contribution in [2.24, 2.45) is 0 Å². The van der Waals surface area contributed by atoms with Gasteiger partial charge >= 0.3 is 11.9 Å². The first-order valence-corrected chi connectivity index (χ1v) is 9.01. The van der Waals surface area contributed by atoms with Crippen LogP contribution in [0.4, 0.5) is 0 Å². The minimum atomic E-state index is -0.966. The summed E-state index contributed by atoms with van der Waals surface area (Å²) in [5, 5.41) is 1.91. The highest BCUT2D eigenvalue weighted by atomic mass is 16.7. The number of carbonyl (C=O) groups is 2. The number of benzene rings is 3. The molecule has 1 atom stereocenters. The van der Waals surface area contributed by atoms with Crippen LogP contribution in [0.15, 0.2) is 78.4 Å². The average Bonchev–Trinajstić information content (AvgIpc) is 2.73. The van der Waals surface area contributed by atoms with Crippen LogP contribution < -0.4 is 0 Å². The Morgan fingerprint density at radius 2 is 1.64 bits per heavy atom. The largest absolute Gasteiger partial charge is 0.462 e. The van der Waals surface area contributed by atoms with Crippen LogP contribution in [0.3, 0.4) is 0 Å². The second-order valence-corrected chi connectivity index (χ2v) is 6.21. The van der Waals surface area contributed by atoms with Gasteiger partial charge in [-0.05, 0) is 17.7 Å². The van der Waals surface area contributed by atoms with Crippen molar-refractivity contribution in [2.75, 3.05) is 6.61 Å². The monoisotopic (exact) mass is 374 g/mol. The molecule has 1 aliphatic heterocycles. The molecule has 5 heteroatoms. The van der Waals surface area contributed by atoms with E-state index in [0.717, 1.165) is 10.8 Å². The van der Waals surface area contributed by atoms with Crippen LogP contribution >= 0.6 is 0 Å². The molecule has 5 nitrogen and oxygen atoms in total. The summed E-state index contributed by atoms with van der Waals surface area (Å²) >= 11 is 0. The molecule has 4 rings (SSSR count). The molecular formula is C23H18O5. The van der Waals surface area contributed by atoms with Crippen LogP contribution in [0.1, 0.15) is 24.3 Å². The van der Waals surface area contributed by atoms with Gasteiger partial charge in [0.2, 0.25) is 0 Å². The molecule has 0 saturated heterocycles. The summed E-state index contributed by atoms with van der Waals surface area (Å²) in [4.78, 5) is 25.1. The fraction of sp³-hybridized carbons (Fsp3) is 0.130. The summed E-state index contributed by atoms with van der Waals surface area (Å²) in [5.41, 5.74) is 1.08. The molecule has 28 heavy (non-hydrogen) atoms. The maximum Gasteiger partial charge on any atom is 0.352 e. The lowest BCUT2D eigenvalue weighted by Crippen LogP contribution is -2.28. The number of hydrogen-bond donors (Lipinski definition) is 0. The molecule has 1 aliphatic rings. The Bertz CT molecular complexity index is 1060. The lowest BCUT2D eigenvalue weighted by molar-refractivity contribution is -0.171. The molecule has 1 unspecified atom stereocenters. The van der Waals surface area contributed by atoms with Gasteiger partial charge in [0.15, 0.2) is 11.3 Å². The zero-order valence-corrected chi connectivity index (χ0v) is 15.3. The molecule has 1 heterocycles. The van der Waals surface area contributed by atoms with E-state index in [-0.39, 0.29) is 17.9 Å². The Balaban J connectivity index is 1.82. The van der Waals surface area contributed by atoms with E-state index >= 15 is 0 Å².